The second kappa shape index (κ2) is 6.84. The molecule has 22 heavy (non-hydrogen) atoms. The van der Waals surface area contributed by atoms with Gasteiger partial charge in [-0.25, -0.2) is 9.37 Å². The van der Waals surface area contributed by atoms with E-state index in [9.17, 15) is 14.0 Å². The van der Waals surface area contributed by atoms with Crippen LogP contribution in [0.5, 0.6) is 0 Å². The van der Waals surface area contributed by atoms with E-state index in [2.05, 4.69) is 20.6 Å². The van der Waals surface area contributed by atoms with Crippen molar-refractivity contribution in [3.63, 3.8) is 0 Å². The monoisotopic (exact) mass is 304 g/mol. The van der Waals surface area contributed by atoms with E-state index in [4.69, 9.17) is 0 Å². The van der Waals surface area contributed by atoms with Crippen LogP contribution in [0.1, 0.15) is 40.4 Å². The molecular weight excluding hydrogens is 287 g/mol. The summed E-state index contributed by atoms with van der Waals surface area (Å²) in [6.45, 7) is 3.64. The third kappa shape index (κ3) is 3.69. The van der Waals surface area contributed by atoms with Gasteiger partial charge in [0.25, 0.3) is 11.8 Å². The largest absolute Gasteiger partial charge is 0.348 e. The Kier molecular flexibility index (Phi) is 4.88. The standard InChI is InChI=1S/C15H17FN4O2/c1-9(2)20-15(22)13-12(18-8-19-13)14(21)17-7-10-5-3-4-6-11(10)16/h3-6,8-9H,7H2,1-2H3,(H,17,21)(H,18,19)(H,20,22). The minimum absolute atomic E-state index is 0.0136. The zero-order valence-corrected chi connectivity index (χ0v) is 12.3. The zero-order chi connectivity index (χ0) is 16.1. The van der Waals surface area contributed by atoms with Crippen molar-refractivity contribution in [1.82, 2.24) is 20.6 Å². The van der Waals surface area contributed by atoms with Crippen LogP contribution in [-0.4, -0.2) is 27.8 Å². The second-order valence-electron chi connectivity index (χ2n) is 5.03. The summed E-state index contributed by atoms with van der Waals surface area (Å²) in [5, 5.41) is 5.22. The van der Waals surface area contributed by atoms with Crippen molar-refractivity contribution in [2.45, 2.75) is 26.4 Å². The first kappa shape index (κ1) is 15.7. The lowest BCUT2D eigenvalue weighted by Crippen LogP contribution is -2.33. The highest BCUT2D eigenvalue weighted by atomic mass is 19.1. The molecule has 0 aliphatic heterocycles. The third-order valence-corrected chi connectivity index (χ3v) is 2.90. The van der Waals surface area contributed by atoms with Gasteiger partial charge in [-0.1, -0.05) is 18.2 Å². The van der Waals surface area contributed by atoms with Crippen LogP contribution in [-0.2, 0) is 6.54 Å². The molecule has 0 aliphatic rings. The summed E-state index contributed by atoms with van der Waals surface area (Å²) in [7, 11) is 0. The van der Waals surface area contributed by atoms with Crippen molar-refractivity contribution in [3.05, 3.63) is 53.4 Å². The molecule has 0 atom stereocenters. The molecule has 0 spiro atoms. The molecule has 2 aromatic rings. The zero-order valence-electron chi connectivity index (χ0n) is 12.3. The quantitative estimate of drug-likeness (QED) is 0.784. The molecule has 3 N–H and O–H groups in total. The Morgan fingerprint density at radius 3 is 2.68 bits per heavy atom. The lowest BCUT2D eigenvalue weighted by Gasteiger charge is -2.09. The van der Waals surface area contributed by atoms with Gasteiger partial charge in [0.05, 0.1) is 6.33 Å². The van der Waals surface area contributed by atoms with Crippen LogP contribution in [0.2, 0.25) is 0 Å². The number of carbonyl (C=O) groups is 2. The van der Waals surface area contributed by atoms with Crippen molar-refractivity contribution >= 4 is 11.8 Å². The molecule has 2 amide bonds. The molecule has 0 saturated heterocycles. The highest BCUT2D eigenvalue weighted by Gasteiger charge is 2.20. The number of rotatable bonds is 5. The number of benzene rings is 1. The Balaban J connectivity index is 2.06. The average Bonchev–Trinajstić information content (AvgIpc) is 2.95. The Labute approximate surface area is 127 Å². The molecule has 7 heteroatoms. The van der Waals surface area contributed by atoms with E-state index >= 15 is 0 Å². The van der Waals surface area contributed by atoms with Gasteiger partial charge in [-0.2, -0.15) is 0 Å². The van der Waals surface area contributed by atoms with Crippen molar-refractivity contribution < 1.29 is 14.0 Å². The summed E-state index contributed by atoms with van der Waals surface area (Å²) in [5.41, 5.74) is 0.428. The molecule has 0 aliphatic carbocycles. The van der Waals surface area contributed by atoms with E-state index in [-0.39, 0.29) is 24.0 Å². The molecule has 0 bridgehead atoms. The average molecular weight is 304 g/mol. The summed E-state index contributed by atoms with van der Waals surface area (Å²) in [6, 6.07) is 6.08. The van der Waals surface area contributed by atoms with E-state index in [1.54, 1.807) is 18.2 Å². The maximum absolute atomic E-state index is 13.5. The smallest absolute Gasteiger partial charge is 0.272 e. The van der Waals surface area contributed by atoms with Crippen LogP contribution in [0.15, 0.2) is 30.6 Å². The number of nitrogens with one attached hydrogen (secondary N) is 3. The van der Waals surface area contributed by atoms with Gasteiger partial charge in [-0.15, -0.1) is 0 Å². The van der Waals surface area contributed by atoms with Gasteiger partial charge in [-0.3, -0.25) is 9.59 Å². The molecule has 6 nitrogen and oxygen atoms in total. The molecule has 0 unspecified atom stereocenters. The highest BCUT2D eigenvalue weighted by molar-refractivity contribution is 6.04. The number of nitrogens with zero attached hydrogens (tertiary/aromatic N) is 1. The normalized spacial score (nSPS) is 10.5. The summed E-state index contributed by atoms with van der Waals surface area (Å²) < 4.78 is 13.5. The fourth-order valence-electron chi connectivity index (χ4n) is 1.88. The molecule has 1 heterocycles. The van der Waals surface area contributed by atoms with Crippen LogP contribution >= 0.6 is 0 Å². The van der Waals surface area contributed by atoms with Gasteiger partial charge in [0.1, 0.15) is 11.5 Å². The van der Waals surface area contributed by atoms with Crippen LogP contribution in [0.25, 0.3) is 0 Å². The van der Waals surface area contributed by atoms with Gasteiger partial charge >= 0.3 is 0 Å². The number of imidazole rings is 1. The summed E-state index contributed by atoms with van der Waals surface area (Å²) in [4.78, 5) is 30.5. The van der Waals surface area contributed by atoms with Crippen LogP contribution in [0.4, 0.5) is 4.39 Å². The van der Waals surface area contributed by atoms with Crippen LogP contribution in [0, 0.1) is 5.82 Å². The Morgan fingerprint density at radius 1 is 1.27 bits per heavy atom. The minimum Gasteiger partial charge on any atom is -0.348 e. The number of amides is 2. The SMILES string of the molecule is CC(C)NC(=O)c1nc[nH]c1C(=O)NCc1ccccc1F. The minimum atomic E-state index is -0.519. The topological polar surface area (TPSA) is 86.9 Å². The maximum Gasteiger partial charge on any atom is 0.272 e. The first-order valence-electron chi connectivity index (χ1n) is 6.85. The summed E-state index contributed by atoms with van der Waals surface area (Å²) >= 11 is 0. The molecule has 1 aromatic carbocycles. The fraction of sp³-hybridized carbons (Fsp3) is 0.267. The number of H-pyrrole nitrogens is 1. The number of halogens is 1. The molecule has 0 fully saturated rings. The van der Waals surface area contributed by atoms with E-state index in [0.29, 0.717) is 5.56 Å². The lowest BCUT2D eigenvalue weighted by atomic mass is 10.2. The summed E-state index contributed by atoms with van der Waals surface area (Å²) in [5.74, 6) is -1.35. The van der Waals surface area contributed by atoms with Gasteiger partial charge < -0.3 is 15.6 Å². The van der Waals surface area contributed by atoms with E-state index in [1.807, 2.05) is 13.8 Å². The van der Waals surface area contributed by atoms with Crippen LogP contribution in [0.3, 0.4) is 0 Å². The number of carbonyl (C=O) groups excluding carboxylic acids is 2. The van der Waals surface area contributed by atoms with Crippen molar-refractivity contribution in [3.8, 4) is 0 Å². The Hall–Kier alpha value is -2.70. The van der Waals surface area contributed by atoms with Crippen molar-refractivity contribution in [2.75, 3.05) is 0 Å². The molecule has 0 saturated carbocycles. The van der Waals surface area contributed by atoms with E-state index in [1.165, 1.54) is 12.4 Å². The van der Waals surface area contributed by atoms with Crippen LogP contribution < -0.4 is 10.6 Å². The van der Waals surface area contributed by atoms with Gasteiger partial charge in [0.15, 0.2) is 5.69 Å². The molecular formula is C15H17FN4O2. The lowest BCUT2D eigenvalue weighted by molar-refractivity contribution is 0.0906. The van der Waals surface area contributed by atoms with Crippen molar-refractivity contribution in [2.24, 2.45) is 0 Å². The van der Waals surface area contributed by atoms with Gasteiger partial charge in [-0.05, 0) is 19.9 Å². The first-order chi connectivity index (χ1) is 10.5. The fourth-order valence-corrected chi connectivity index (χ4v) is 1.88. The third-order valence-electron chi connectivity index (χ3n) is 2.90. The number of aromatic amines is 1. The first-order valence-corrected chi connectivity index (χ1v) is 6.85. The predicted octanol–water partition coefficient (Wildman–Crippen LogP) is 1.62. The second-order valence-corrected chi connectivity index (χ2v) is 5.03. The Morgan fingerprint density at radius 2 is 2.00 bits per heavy atom. The molecule has 0 radical (unpaired) electrons. The number of aromatic nitrogens is 2. The van der Waals surface area contributed by atoms with Gasteiger partial charge in [0.2, 0.25) is 0 Å². The molecule has 116 valence electrons. The molecule has 1 aromatic heterocycles. The van der Waals surface area contributed by atoms with Gasteiger partial charge in [0, 0.05) is 18.2 Å². The maximum atomic E-state index is 13.5. The molecule has 2 rings (SSSR count). The number of hydrogen-bond donors (Lipinski definition) is 3. The van der Waals surface area contributed by atoms with Crippen molar-refractivity contribution in [1.29, 1.82) is 0 Å². The Bertz CT molecular complexity index is 682. The van der Waals surface area contributed by atoms with E-state index < -0.39 is 17.6 Å². The van der Waals surface area contributed by atoms with E-state index in [0.717, 1.165) is 0 Å². The highest BCUT2D eigenvalue weighted by Crippen LogP contribution is 2.07. The number of hydrogen-bond acceptors (Lipinski definition) is 3. The summed E-state index contributed by atoms with van der Waals surface area (Å²) in [6.07, 6.45) is 1.27. The predicted molar refractivity (Wildman–Crippen MR) is 78.8 cm³/mol.